The standard InChI is InChI=1S/C36H47N2O6P/c1-26(2)38(27(3)4)45(42-23-11-22-37)44-34-24-28(5)43-35(34)25-41-36(29-12-9-8-10-13-29,30-14-18-32(39-6)19-15-30)31-16-20-33(40-7)21-17-31/h8-10,12-21,26-28,34-35H,11,23-25H2,1-7H3/t28-,34+,35+,45?/m0/s1. The normalized spacial score (nSPS) is 19.2. The zero-order chi connectivity index (χ0) is 32.4. The van der Waals surface area contributed by atoms with Gasteiger partial charge < -0.3 is 28.0 Å². The highest BCUT2D eigenvalue weighted by molar-refractivity contribution is 7.44. The fourth-order valence-electron chi connectivity index (χ4n) is 5.87. The molecule has 1 unspecified atom stereocenters. The topological polar surface area (TPSA) is 82.4 Å². The highest BCUT2D eigenvalue weighted by Crippen LogP contribution is 2.50. The van der Waals surface area contributed by atoms with E-state index in [-0.39, 0.29) is 37.0 Å². The van der Waals surface area contributed by atoms with Gasteiger partial charge in [0.15, 0.2) is 0 Å². The molecule has 1 saturated heterocycles. The maximum atomic E-state index is 9.16. The van der Waals surface area contributed by atoms with Crippen molar-refractivity contribution in [1.29, 1.82) is 5.26 Å². The van der Waals surface area contributed by atoms with Gasteiger partial charge in [0, 0.05) is 18.5 Å². The van der Waals surface area contributed by atoms with E-state index in [0.29, 0.717) is 19.4 Å². The average molecular weight is 635 g/mol. The Balaban J connectivity index is 1.72. The molecular formula is C36H47N2O6P. The molecule has 1 aliphatic heterocycles. The van der Waals surface area contributed by atoms with Gasteiger partial charge in [0.1, 0.15) is 23.2 Å². The summed E-state index contributed by atoms with van der Waals surface area (Å²) in [4.78, 5) is 0. The first-order chi connectivity index (χ1) is 21.7. The molecule has 1 heterocycles. The molecule has 0 spiro atoms. The van der Waals surface area contributed by atoms with E-state index in [1.165, 1.54) is 0 Å². The maximum absolute atomic E-state index is 9.16. The Morgan fingerprint density at radius 3 is 1.89 bits per heavy atom. The largest absolute Gasteiger partial charge is 0.497 e. The molecule has 0 amide bonds. The Labute approximate surface area is 270 Å². The third kappa shape index (κ3) is 8.42. The van der Waals surface area contributed by atoms with Gasteiger partial charge in [-0.15, -0.1) is 0 Å². The van der Waals surface area contributed by atoms with Crippen LogP contribution in [0.25, 0.3) is 0 Å². The van der Waals surface area contributed by atoms with E-state index in [2.05, 4.69) is 57.5 Å². The van der Waals surface area contributed by atoms with Crippen LogP contribution < -0.4 is 9.47 Å². The fraction of sp³-hybridized carbons (Fsp3) is 0.472. The minimum atomic E-state index is -1.43. The number of ether oxygens (including phenoxy) is 4. The number of nitriles is 1. The van der Waals surface area contributed by atoms with Crippen LogP contribution in [0.3, 0.4) is 0 Å². The van der Waals surface area contributed by atoms with Gasteiger partial charge in [-0.2, -0.15) is 5.26 Å². The molecule has 1 fully saturated rings. The van der Waals surface area contributed by atoms with Gasteiger partial charge in [0.05, 0.1) is 52.1 Å². The number of hydrogen-bond acceptors (Lipinski definition) is 8. The van der Waals surface area contributed by atoms with Crippen molar-refractivity contribution >= 4 is 8.53 Å². The van der Waals surface area contributed by atoms with Crippen molar-refractivity contribution in [2.24, 2.45) is 0 Å². The lowest BCUT2D eigenvalue weighted by Gasteiger charge is -2.39. The van der Waals surface area contributed by atoms with Gasteiger partial charge >= 0.3 is 0 Å². The molecule has 0 radical (unpaired) electrons. The summed E-state index contributed by atoms with van der Waals surface area (Å²) in [5, 5.41) is 9.16. The van der Waals surface area contributed by atoms with Crippen molar-refractivity contribution in [3.05, 3.63) is 95.6 Å². The molecule has 45 heavy (non-hydrogen) atoms. The van der Waals surface area contributed by atoms with Crippen LogP contribution in [0.15, 0.2) is 78.9 Å². The Kier molecular flexibility index (Phi) is 12.8. The molecule has 0 bridgehead atoms. The first kappa shape index (κ1) is 34.8. The SMILES string of the molecule is COc1ccc(C(OC[C@H]2O[C@@H](C)C[C@H]2OP(OCCC#N)N(C(C)C)C(C)C)(c2ccccc2)c2ccc(OC)cc2)cc1. The lowest BCUT2D eigenvalue weighted by Crippen LogP contribution is -2.39. The van der Waals surface area contributed by atoms with Crippen LogP contribution in [0, 0.1) is 11.3 Å². The number of methoxy groups -OCH3 is 2. The number of hydrogen-bond donors (Lipinski definition) is 0. The maximum Gasteiger partial charge on any atom is 0.259 e. The van der Waals surface area contributed by atoms with E-state index < -0.39 is 14.1 Å². The summed E-state index contributed by atoms with van der Waals surface area (Å²) in [5.74, 6) is 1.53. The van der Waals surface area contributed by atoms with E-state index in [0.717, 1.165) is 28.2 Å². The molecule has 4 rings (SSSR count). The second-order valence-corrected chi connectivity index (χ2v) is 13.1. The minimum Gasteiger partial charge on any atom is -0.497 e. The Morgan fingerprint density at radius 1 is 0.867 bits per heavy atom. The van der Waals surface area contributed by atoms with Gasteiger partial charge in [0.25, 0.3) is 8.53 Å². The van der Waals surface area contributed by atoms with Crippen LogP contribution in [-0.4, -0.2) is 62.5 Å². The van der Waals surface area contributed by atoms with Gasteiger partial charge in [0.2, 0.25) is 0 Å². The van der Waals surface area contributed by atoms with Gasteiger partial charge in [-0.3, -0.25) is 0 Å². The summed E-state index contributed by atoms with van der Waals surface area (Å²) in [5.41, 5.74) is 1.93. The van der Waals surface area contributed by atoms with Gasteiger partial charge in [-0.1, -0.05) is 54.6 Å². The third-order valence-corrected chi connectivity index (χ3v) is 10.1. The highest BCUT2D eigenvalue weighted by Gasteiger charge is 2.43. The summed E-state index contributed by atoms with van der Waals surface area (Å²) in [6, 6.07) is 28.8. The molecule has 3 aromatic carbocycles. The lowest BCUT2D eigenvalue weighted by atomic mass is 9.80. The second-order valence-electron chi connectivity index (χ2n) is 11.7. The zero-order valence-corrected chi connectivity index (χ0v) is 28.4. The van der Waals surface area contributed by atoms with E-state index in [1.807, 2.05) is 66.7 Å². The summed E-state index contributed by atoms with van der Waals surface area (Å²) in [6.45, 7) is 11.2. The molecule has 9 heteroatoms. The third-order valence-electron chi connectivity index (χ3n) is 7.91. The summed E-state index contributed by atoms with van der Waals surface area (Å²) < 4.78 is 39.9. The van der Waals surface area contributed by atoms with E-state index >= 15 is 0 Å². The van der Waals surface area contributed by atoms with Crippen molar-refractivity contribution in [2.75, 3.05) is 27.4 Å². The molecular weight excluding hydrogens is 587 g/mol. The Morgan fingerprint density at radius 2 is 1.40 bits per heavy atom. The first-order valence-electron chi connectivity index (χ1n) is 15.6. The Hall–Kier alpha value is -3.02. The molecule has 1 aliphatic rings. The zero-order valence-electron chi connectivity index (χ0n) is 27.5. The highest BCUT2D eigenvalue weighted by atomic mass is 31.2. The molecule has 0 aromatic heterocycles. The average Bonchev–Trinajstić information content (AvgIpc) is 3.40. The van der Waals surface area contributed by atoms with Crippen molar-refractivity contribution in [2.45, 2.75) is 83.5 Å². The quantitative estimate of drug-likeness (QED) is 0.0895. The molecule has 0 N–H and O–H groups in total. The predicted molar refractivity (Wildman–Crippen MR) is 177 cm³/mol. The smallest absolute Gasteiger partial charge is 0.259 e. The van der Waals surface area contributed by atoms with Crippen molar-refractivity contribution < 1.29 is 28.0 Å². The monoisotopic (exact) mass is 634 g/mol. The van der Waals surface area contributed by atoms with Crippen molar-refractivity contribution in [3.8, 4) is 17.6 Å². The molecule has 4 atom stereocenters. The first-order valence-corrected chi connectivity index (χ1v) is 16.8. The summed E-state index contributed by atoms with van der Waals surface area (Å²) >= 11 is 0. The molecule has 242 valence electrons. The van der Waals surface area contributed by atoms with E-state index in [4.69, 9.17) is 33.3 Å². The molecule has 0 saturated carbocycles. The van der Waals surface area contributed by atoms with Crippen LogP contribution in [0.2, 0.25) is 0 Å². The molecule has 3 aromatic rings. The number of nitrogens with zero attached hydrogens (tertiary/aromatic N) is 2. The summed E-state index contributed by atoms with van der Waals surface area (Å²) in [7, 11) is 1.89. The molecule has 0 aliphatic carbocycles. The van der Waals surface area contributed by atoms with E-state index in [1.54, 1.807) is 14.2 Å². The number of rotatable bonds is 16. The molecule has 8 nitrogen and oxygen atoms in total. The van der Waals surface area contributed by atoms with Crippen molar-refractivity contribution in [3.63, 3.8) is 0 Å². The lowest BCUT2D eigenvalue weighted by molar-refractivity contribution is -0.0777. The van der Waals surface area contributed by atoms with Crippen molar-refractivity contribution in [1.82, 2.24) is 4.67 Å². The second kappa shape index (κ2) is 16.5. The number of benzene rings is 3. The predicted octanol–water partition coefficient (Wildman–Crippen LogP) is 7.85. The fourth-order valence-corrected chi connectivity index (χ4v) is 7.63. The summed E-state index contributed by atoms with van der Waals surface area (Å²) in [6.07, 6.45) is 0.402. The Bertz CT molecular complexity index is 1290. The van der Waals surface area contributed by atoms with E-state index in [9.17, 15) is 0 Å². The van der Waals surface area contributed by atoms with Gasteiger partial charge in [-0.25, -0.2) is 4.67 Å². The van der Waals surface area contributed by atoms with Crippen LogP contribution in [0.4, 0.5) is 0 Å². The van der Waals surface area contributed by atoms with Crippen LogP contribution in [0.1, 0.15) is 64.2 Å². The van der Waals surface area contributed by atoms with Crippen LogP contribution in [-0.2, 0) is 24.1 Å². The minimum absolute atomic E-state index is 0.0146. The van der Waals surface area contributed by atoms with Crippen LogP contribution in [0.5, 0.6) is 11.5 Å². The van der Waals surface area contributed by atoms with Gasteiger partial charge in [-0.05, 0) is 75.6 Å². The van der Waals surface area contributed by atoms with Crippen LogP contribution >= 0.6 is 8.53 Å².